The zero-order valence-electron chi connectivity index (χ0n) is 8.00. The fourth-order valence-electron chi connectivity index (χ4n) is 2.38. The Labute approximate surface area is 85.6 Å². The maximum Gasteiger partial charge on any atom is 0.123 e. The molecule has 2 heteroatoms. The van der Waals surface area contributed by atoms with E-state index >= 15 is 0 Å². The number of hydrogen-bond acceptors (Lipinski definition) is 0. The Morgan fingerprint density at radius 3 is 1.83 bits per heavy atom. The highest BCUT2D eigenvalue weighted by Gasteiger charge is 2.47. The molecule has 0 spiro atoms. The first-order valence-electron chi connectivity index (χ1n) is 4.96. The molecule has 0 heterocycles. The van der Waals surface area contributed by atoms with Gasteiger partial charge in [0.05, 0.1) is 0 Å². The smallest absolute Gasteiger partial charge is 0.101 e. The third kappa shape index (κ3) is 1.61. The van der Waals surface area contributed by atoms with Crippen LogP contribution in [0.2, 0.25) is 0 Å². The summed E-state index contributed by atoms with van der Waals surface area (Å²) in [5.41, 5.74) is 0.189. The van der Waals surface area contributed by atoms with E-state index in [4.69, 9.17) is 23.2 Å². The highest BCUT2D eigenvalue weighted by molar-refractivity contribution is 6.49. The molecule has 0 unspecified atom stereocenters. The number of halogens is 2. The van der Waals surface area contributed by atoms with Crippen LogP contribution < -0.4 is 0 Å². The van der Waals surface area contributed by atoms with Crippen molar-refractivity contribution in [3.8, 4) is 0 Å². The lowest BCUT2D eigenvalue weighted by atomic mass is 9.69. The zero-order valence-corrected chi connectivity index (χ0v) is 9.51. The third-order valence-corrected chi connectivity index (χ3v) is 4.71. The van der Waals surface area contributed by atoms with Gasteiger partial charge in [-0.2, -0.15) is 0 Å². The van der Waals surface area contributed by atoms with Gasteiger partial charge in [0, 0.05) is 5.41 Å². The van der Waals surface area contributed by atoms with Crippen molar-refractivity contribution in [2.24, 2.45) is 5.41 Å². The van der Waals surface area contributed by atoms with E-state index in [1.165, 1.54) is 19.3 Å². The van der Waals surface area contributed by atoms with E-state index in [9.17, 15) is 0 Å². The molecule has 1 fully saturated rings. The fourth-order valence-corrected chi connectivity index (χ4v) is 3.37. The second-order valence-electron chi connectivity index (χ2n) is 3.90. The van der Waals surface area contributed by atoms with Crippen LogP contribution >= 0.6 is 23.2 Å². The minimum atomic E-state index is -0.464. The van der Waals surface area contributed by atoms with Crippen LogP contribution in [0.1, 0.15) is 52.4 Å². The monoisotopic (exact) mass is 208 g/mol. The lowest BCUT2D eigenvalue weighted by molar-refractivity contribution is 0.156. The van der Waals surface area contributed by atoms with E-state index in [-0.39, 0.29) is 5.41 Å². The Kier molecular flexibility index (Phi) is 3.34. The minimum Gasteiger partial charge on any atom is -0.101 e. The van der Waals surface area contributed by atoms with Crippen LogP contribution in [0.3, 0.4) is 0 Å². The Hall–Kier alpha value is 0.580. The third-order valence-electron chi connectivity index (χ3n) is 3.53. The Balaban J connectivity index is 2.81. The standard InChI is InChI=1S/C10H18Cl2/c1-3-9(4-2)7-5-6-8-10(9,11)12/h3-8H2,1-2H3. The van der Waals surface area contributed by atoms with Gasteiger partial charge in [-0.3, -0.25) is 0 Å². The van der Waals surface area contributed by atoms with Crippen molar-refractivity contribution in [3.05, 3.63) is 0 Å². The maximum atomic E-state index is 6.36. The minimum absolute atomic E-state index is 0.189. The van der Waals surface area contributed by atoms with Crippen LogP contribution in [0.4, 0.5) is 0 Å². The molecule has 0 nitrogen and oxygen atoms in total. The lowest BCUT2D eigenvalue weighted by Gasteiger charge is -2.46. The summed E-state index contributed by atoms with van der Waals surface area (Å²) in [7, 11) is 0. The molecule has 1 aliphatic rings. The highest BCUT2D eigenvalue weighted by Crippen LogP contribution is 2.55. The summed E-state index contributed by atoms with van der Waals surface area (Å²) in [6.45, 7) is 4.41. The molecule has 1 aliphatic carbocycles. The number of alkyl halides is 2. The number of hydrogen-bond donors (Lipinski definition) is 0. The quantitative estimate of drug-likeness (QED) is 0.585. The summed E-state index contributed by atoms with van der Waals surface area (Å²) in [5.74, 6) is 0. The first kappa shape index (κ1) is 10.7. The zero-order chi connectivity index (χ0) is 9.24. The average molecular weight is 209 g/mol. The molecule has 72 valence electrons. The summed E-state index contributed by atoms with van der Waals surface area (Å²) in [5, 5.41) is 0. The van der Waals surface area contributed by atoms with Gasteiger partial charge in [0.15, 0.2) is 0 Å². The molecule has 0 atom stereocenters. The predicted molar refractivity (Wildman–Crippen MR) is 55.9 cm³/mol. The van der Waals surface area contributed by atoms with E-state index in [0.29, 0.717) is 0 Å². The molecule has 0 aromatic carbocycles. The van der Waals surface area contributed by atoms with Crippen LogP contribution in [-0.2, 0) is 0 Å². The second kappa shape index (κ2) is 3.75. The summed E-state index contributed by atoms with van der Waals surface area (Å²) >= 11 is 12.7. The van der Waals surface area contributed by atoms with Crippen molar-refractivity contribution >= 4 is 23.2 Å². The Morgan fingerprint density at radius 1 is 1.00 bits per heavy atom. The van der Waals surface area contributed by atoms with Gasteiger partial charge in [-0.15, -0.1) is 23.2 Å². The normalized spacial score (nSPS) is 27.0. The van der Waals surface area contributed by atoms with Gasteiger partial charge in [-0.25, -0.2) is 0 Å². The van der Waals surface area contributed by atoms with Gasteiger partial charge in [0.2, 0.25) is 0 Å². The van der Waals surface area contributed by atoms with Gasteiger partial charge < -0.3 is 0 Å². The molecular weight excluding hydrogens is 191 g/mol. The van der Waals surface area contributed by atoms with Gasteiger partial charge >= 0.3 is 0 Å². The molecule has 0 bridgehead atoms. The summed E-state index contributed by atoms with van der Waals surface area (Å²) in [6.07, 6.45) is 6.87. The summed E-state index contributed by atoms with van der Waals surface area (Å²) in [4.78, 5) is 0. The molecule has 0 N–H and O–H groups in total. The maximum absolute atomic E-state index is 6.36. The molecule has 0 radical (unpaired) electrons. The second-order valence-corrected chi connectivity index (χ2v) is 5.38. The molecule has 0 aromatic rings. The van der Waals surface area contributed by atoms with Crippen molar-refractivity contribution < 1.29 is 0 Å². The fraction of sp³-hybridized carbons (Fsp3) is 1.00. The highest BCUT2D eigenvalue weighted by atomic mass is 35.5. The van der Waals surface area contributed by atoms with E-state index in [2.05, 4.69) is 13.8 Å². The van der Waals surface area contributed by atoms with Crippen LogP contribution in [0.15, 0.2) is 0 Å². The Morgan fingerprint density at radius 2 is 1.50 bits per heavy atom. The first-order chi connectivity index (χ1) is 5.58. The Bertz CT molecular complexity index is 148. The summed E-state index contributed by atoms with van der Waals surface area (Å²) in [6, 6.07) is 0. The SMILES string of the molecule is CCC1(CC)CCCCC1(Cl)Cl. The van der Waals surface area contributed by atoms with Gasteiger partial charge in [0.25, 0.3) is 0 Å². The lowest BCUT2D eigenvalue weighted by Crippen LogP contribution is -2.41. The van der Waals surface area contributed by atoms with Crippen LogP contribution in [0.25, 0.3) is 0 Å². The molecule has 0 aromatic heterocycles. The average Bonchev–Trinajstić information content (AvgIpc) is 2.05. The topological polar surface area (TPSA) is 0 Å². The van der Waals surface area contributed by atoms with E-state index in [0.717, 1.165) is 19.3 Å². The molecule has 12 heavy (non-hydrogen) atoms. The molecule has 0 saturated heterocycles. The van der Waals surface area contributed by atoms with Gasteiger partial charge in [0.1, 0.15) is 4.33 Å². The van der Waals surface area contributed by atoms with Gasteiger partial charge in [-0.05, 0) is 25.7 Å². The van der Waals surface area contributed by atoms with Crippen molar-refractivity contribution in [1.29, 1.82) is 0 Å². The predicted octanol–water partition coefficient (Wildman–Crippen LogP) is 4.54. The summed E-state index contributed by atoms with van der Waals surface area (Å²) < 4.78 is -0.464. The van der Waals surface area contributed by atoms with E-state index in [1.54, 1.807) is 0 Å². The van der Waals surface area contributed by atoms with Gasteiger partial charge in [-0.1, -0.05) is 26.7 Å². The largest absolute Gasteiger partial charge is 0.123 e. The first-order valence-corrected chi connectivity index (χ1v) is 5.71. The van der Waals surface area contributed by atoms with E-state index in [1.807, 2.05) is 0 Å². The molecule has 0 aliphatic heterocycles. The van der Waals surface area contributed by atoms with Crippen LogP contribution in [0.5, 0.6) is 0 Å². The van der Waals surface area contributed by atoms with E-state index < -0.39 is 4.33 Å². The van der Waals surface area contributed by atoms with Crippen LogP contribution in [0, 0.1) is 5.41 Å². The van der Waals surface area contributed by atoms with Crippen molar-refractivity contribution in [3.63, 3.8) is 0 Å². The molecular formula is C10H18Cl2. The number of rotatable bonds is 2. The van der Waals surface area contributed by atoms with Crippen LogP contribution in [-0.4, -0.2) is 4.33 Å². The molecule has 0 amide bonds. The van der Waals surface area contributed by atoms with Crippen molar-refractivity contribution in [1.82, 2.24) is 0 Å². The molecule has 1 rings (SSSR count). The van der Waals surface area contributed by atoms with Crippen molar-refractivity contribution in [2.45, 2.75) is 56.7 Å². The van der Waals surface area contributed by atoms with Crippen molar-refractivity contribution in [2.75, 3.05) is 0 Å². The molecule has 1 saturated carbocycles.